The van der Waals surface area contributed by atoms with Gasteiger partial charge in [-0.05, 0) is 68.3 Å². The summed E-state index contributed by atoms with van der Waals surface area (Å²) in [7, 11) is 1.51. The molecule has 0 aliphatic carbocycles. The quantitative estimate of drug-likeness (QED) is 0.187. The lowest BCUT2D eigenvalue weighted by Crippen LogP contribution is -2.38. The van der Waals surface area contributed by atoms with E-state index in [1.807, 2.05) is 19.1 Å². The Kier molecular flexibility index (Phi) is 9.15. The Bertz CT molecular complexity index is 1600. The lowest BCUT2D eigenvalue weighted by molar-refractivity contribution is -0.137. The van der Waals surface area contributed by atoms with Gasteiger partial charge in [0.15, 0.2) is 0 Å². The molecule has 4 rings (SSSR count). The minimum atomic E-state index is -4.59. The first kappa shape index (κ1) is 29.8. The van der Waals surface area contributed by atoms with Crippen LogP contribution in [0.15, 0.2) is 71.5 Å². The van der Waals surface area contributed by atoms with E-state index in [0.717, 1.165) is 37.0 Å². The van der Waals surface area contributed by atoms with Crippen LogP contribution in [0.1, 0.15) is 72.9 Å². The minimum Gasteiger partial charge on any atom is -0.495 e. The van der Waals surface area contributed by atoms with Crippen LogP contribution in [0.2, 0.25) is 0 Å². The van der Waals surface area contributed by atoms with Crippen LogP contribution in [0.3, 0.4) is 0 Å². The topological polar surface area (TPSA) is 64.4 Å². The molecule has 0 fully saturated rings. The van der Waals surface area contributed by atoms with Crippen LogP contribution in [-0.2, 0) is 6.18 Å². The summed E-state index contributed by atoms with van der Waals surface area (Å²) in [6, 6.07) is 16.1. The molecule has 0 N–H and O–H groups in total. The average molecular weight is 566 g/mol. The Morgan fingerprint density at radius 2 is 1.78 bits per heavy atom. The maximum atomic E-state index is 14.0. The fourth-order valence-corrected chi connectivity index (χ4v) is 4.95. The van der Waals surface area contributed by atoms with E-state index in [0.29, 0.717) is 28.8 Å². The Morgan fingerprint density at radius 3 is 2.49 bits per heavy atom. The number of rotatable bonds is 10. The molecule has 0 spiro atoms. The zero-order valence-corrected chi connectivity index (χ0v) is 23.7. The number of carbonyl (C=O) groups is 1. The van der Waals surface area contributed by atoms with Gasteiger partial charge in [0.05, 0.1) is 35.3 Å². The van der Waals surface area contributed by atoms with E-state index >= 15 is 0 Å². The third-order valence-corrected chi connectivity index (χ3v) is 7.17. The van der Waals surface area contributed by atoms with Crippen molar-refractivity contribution in [2.24, 2.45) is 0 Å². The summed E-state index contributed by atoms with van der Waals surface area (Å²) in [4.78, 5) is 34.2. The summed E-state index contributed by atoms with van der Waals surface area (Å²) in [6.45, 7) is 5.99. The van der Waals surface area contributed by atoms with E-state index < -0.39 is 23.7 Å². The Balaban J connectivity index is 1.91. The van der Waals surface area contributed by atoms with Crippen molar-refractivity contribution in [2.75, 3.05) is 13.7 Å². The number of alkyl halides is 3. The highest BCUT2D eigenvalue weighted by Crippen LogP contribution is 2.32. The van der Waals surface area contributed by atoms with E-state index in [1.165, 1.54) is 28.7 Å². The van der Waals surface area contributed by atoms with Crippen LogP contribution >= 0.6 is 0 Å². The summed E-state index contributed by atoms with van der Waals surface area (Å²) < 4.78 is 47.5. The minimum absolute atomic E-state index is 0.0787. The molecule has 0 saturated carbocycles. The number of methoxy groups -OCH3 is 1. The summed E-state index contributed by atoms with van der Waals surface area (Å²) in [6.07, 6.45) is -1.15. The molecule has 41 heavy (non-hydrogen) atoms. The van der Waals surface area contributed by atoms with Gasteiger partial charge >= 0.3 is 6.18 Å². The van der Waals surface area contributed by atoms with Crippen LogP contribution in [0.25, 0.3) is 16.6 Å². The van der Waals surface area contributed by atoms with Crippen molar-refractivity contribution >= 4 is 16.8 Å². The van der Waals surface area contributed by atoms with Crippen LogP contribution in [-0.4, -0.2) is 34.0 Å². The van der Waals surface area contributed by atoms with Gasteiger partial charge in [0.2, 0.25) is 0 Å². The number of amides is 1. The lowest BCUT2D eigenvalue weighted by atomic mass is 10.1. The number of benzene rings is 3. The number of halogens is 3. The van der Waals surface area contributed by atoms with Crippen molar-refractivity contribution in [2.45, 2.75) is 58.7 Å². The number of ether oxygens (including phenoxy) is 1. The van der Waals surface area contributed by atoms with E-state index in [2.05, 4.69) is 6.92 Å². The van der Waals surface area contributed by atoms with E-state index in [9.17, 15) is 22.8 Å². The van der Waals surface area contributed by atoms with Crippen molar-refractivity contribution in [1.82, 2.24) is 14.5 Å². The van der Waals surface area contributed by atoms with Gasteiger partial charge in [0.25, 0.3) is 11.5 Å². The van der Waals surface area contributed by atoms with Gasteiger partial charge in [0.1, 0.15) is 11.6 Å². The van der Waals surface area contributed by atoms with Gasteiger partial charge < -0.3 is 9.64 Å². The second kappa shape index (κ2) is 12.6. The highest BCUT2D eigenvalue weighted by molar-refractivity contribution is 5.94. The van der Waals surface area contributed by atoms with Gasteiger partial charge in [-0.1, -0.05) is 50.5 Å². The molecule has 0 saturated heterocycles. The first-order valence-electron chi connectivity index (χ1n) is 13.7. The predicted molar refractivity (Wildman–Crippen MR) is 154 cm³/mol. The van der Waals surface area contributed by atoms with Crippen molar-refractivity contribution in [1.29, 1.82) is 0 Å². The molecule has 1 amide bonds. The van der Waals surface area contributed by atoms with Gasteiger partial charge in [0, 0.05) is 12.1 Å². The first-order chi connectivity index (χ1) is 19.6. The van der Waals surface area contributed by atoms with Crippen LogP contribution in [0.4, 0.5) is 13.2 Å². The largest absolute Gasteiger partial charge is 0.495 e. The number of nitrogens with zero attached hydrogens (tertiary/aromatic N) is 3. The van der Waals surface area contributed by atoms with Gasteiger partial charge in [-0.2, -0.15) is 13.2 Å². The molecular weight excluding hydrogens is 531 g/mol. The molecule has 1 heterocycles. The molecule has 1 atom stereocenters. The molecular formula is C32H34F3N3O3. The number of carbonyl (C=O) groups excluding carboxylic acids is 1. The normalized spacial score (nSPS) is 12.4. The number of hydrogen-bond donors (Lipinski definition) is 0. The number of para-hydroxylation sites is 1. The summed E-state index contributed by atoms with van der Waals surface area (Å²) in [5.41, 5.74) is 0.501. The second-order valence-corrected chi connectivity index (χ2v) is 10.1. The number of hydrogen-bond acceptors (Lipinski definition) is 4. The molecule has 0 radical (unpaired) electrons. The molecule has 1 unspecified atom stereocenters. The summed E-state index contributed by atoms with van der Waals surface area (Å²) >= 11 is 0. The Morgan fingerprint density at radius 1 is 1.02 bits per heavy atom. The molecule has 6 nitrogen and oxygen atoms in total. The number of aryl methyl sites for hydroxylation is 1. The molecule has 3 aromatic carbocycles. The SMILES string of the molecule is CCCCCCN(C(=O)c1cccc(C(F)(F)F)c1)C(C)c1nc2ccccc2c(=O)n1-c1cc(C)ccc1OC. The van der Waals surface area contributed by atoms with Crippen LogP contribution < -0.4 is 10.3 Å². The smallest absolute Gasteiger partial charge is 0.416 e. The van der Waals surface area contributed by atoms with Gasteiger partial charge in [-0.3, -0.25) is 14.2 Å². The summed E-state index contributed by atoms with van der Waals surface area (Å²) in [5, 5.41) is 0.394. The Labute approximate surface area is 237 Å². The lowest BCUT2D eigenvalue weighted by Gasteiger charge is -2.31. The number of fused-ring (bicyclic) bond motifs is 1. The standard InChI is InChI=1S/C32H34F3N3O3/c1-5-6-7-10-18-37(30(39)23-12-11-13-24(20-23)32(33,34)35)22(3)29-36-26-15-9-8-14-25(26)31(40)38(29)27-19-21(2)16-17-28(27)41-4/h8-9,11-17,19-20,22H,5-7,10,18H2,1-4H3. The maximum Gasteiger partial charge on any atom is 0.416 e. The molecule has 0 aliphatic heterocycles. The third-order valence-electron chi connectivity index (χ3n) is 7.17. The molecule has 0 bridgehead atoms. The predicted octanol–water partition coefficient (Wildman–Crippen LogP) is 7.51. The zero-order chi connectivity index (χ0) is 29.7. The average Bonchev–Trinajstić information content (AvgIpc) is 2.96. The highest BCUT2D eigenvalue weighted by atomic mass is 19.4. The van der Waals surface area contributed by atoms with E-state index in [1.54, 1.807) is 37.3 Å². The second-order valence-electron chi connectivity index (χ2n) is 10.1. The van der Waals surface area contributed by atoms with Crippen molar-refractivity contribution < 1.29 is 22.7 Å². The zero-order valence-electron chi connectivity index (χ0n) is 23.7. The molecule has 0 aliphatic rings. The van der Waals surface area contributed by atoms with Crippen molar-refractivity contribution in [3.8, 4) is 11.4 Å². The first-order valence-corrected chi connectivity index (χ1v) is 13.7. The Hall–Kier alpha value is -4.14. The van der Waals surface area contributed by atoms with Gasteiger partial charge in [-0.25, -0.2) is 4.98 Å². The molecule has 1 aromatic heterocycles. The molecule has 9 heteroatoms. The summed E-state index contributed by atoms with van der Waals surface area (Å²) in [5.74, 6) is 0.167. The monoisotopic (exact) mass is 565 g/mol. The number of unbranched alkanes of at least 4 members (excludes halogenated alkanes) is 3. The van der Waals surface area contributed by atoms with E-state index in [4.69, 9.17) is 9.72 Å². The fourth-order valence-electron chi connectivity index (χ4n) is 4.95. The molecule has 4 aromatic rings. The maximum absolute atomic E-state index is 14.0. The van der Waals surface area contributed by atoms with Crippen molar-refractivity contribution in [3.63, 3.8) is 0 Å². The fraction of sp³-hybridized carbons (Fsp3) is 0.344. The van der Waals surface area contributed by atoms with Crippen LogP contribution in [0, 0.1) is 6.92 Å². The highest BCUT2D eigenvalue weighted by Gasteiger charge is 2.33. The van der Waals surface area contributed by atoms with E-state index in [-0.39, 0.29) is 23.5 Å². The molecule has 216 valence electrons. The van der Waals surface area contributed by atoms with Gasteiger partial charge in [-0.15, -0.1) is 0 Å². The third kappa shape index (κ3) is 6.45. The van der Waals surface area contributed by atoms with Crippen LogP contribution in [0.5, 0.6) is 5.75 Å². The number of aromatic nitrogens is 2. The van der Waals surface area contributed by atoms with Crippen molar-refractivity contribution in [3.05, 3.63) is 99.6 Å².